The van der Waals surface area contributed by atoms with E-state index in [1.165, 1.54) is 12.8 Å². The summed E-state index contributed by atoms with van der Waals surface area (Å²) in [6.45, 7) is 0.801. The molecular formula is C13H13Cl2N3. The van der Waals surface area contributed by atoms with Crippen LogP contribution in [-0.2, 0) is 6.54 Å². The summed E-state index contributed by atoms with van der Waals surface area (Å²) in [5.41, 5.74) is 1.82. The van der Waals surface area contributed by atoms with Crippen molar-refractivity contribution in [2.45, 2.75) is 25.4 Å². The normalized spacial score (nSPS) is 15.0. The second kappa shape index (κ2) is 4.92. The van der Waals surface area contributed by atoms with Gasteiger partial charge in [0.1, 0.15) is 0 Å². The molecule has 1 heterocycles. The van der Waals surface area contributed by atoms with Crippen LogP contribution in [0.25, 0.3) is 5.69 Å². The van der Waals surface area contributed by atoms with Crippen LogP contribution in [0.3, 0.4) is 0 Å². The first-order valence-electron chi connectivity index (χ1n) is 5.96. The highest BCUT2D eigenvalue weighted by atomic mass is 35.5. The molecule has 0 radical (unpaired) electrons. The second-order valence-electron chi connectivity index (χ2n) is 4.48. The topological polar surface area (TPSA) is 29.9 Å². The Balaban J connectivity index is 1.80. The van der Waals surface area contributed by atoms with Crippen molar-refractivity contribution in [2.24, 2.45) is 0 Å². The molecule has 5 heteroatoms. The van der Waals surface area contributed by atoms with Crippen LogP contribution >= 0.6 is 23.2 Å². The highest BCUT2D eigenvalue weighted by molar-refractivity contribution is 6.43. The third-order valence-electron chi connectivity index (χ3n) is 2.97. The Bertz CT molecular complexity index is 561. The number of hydrogen-bond acceptors (Lipinski definition) is 2. The zero-order valence-corrected chi connectivity index (χ0v) is 11.2. The monoisotopic (exact) mass is 281 g/mol. The minimum absolute atomic E-state index is 0.531. The van der Waals surface area contributed by atoms with Crippen molar-refractivity contribution in [3.8, 4) is 5.69 Å². The van der Waals surface area contributed by atoms with Gasteiger partial charge in [0.2, 0.25) is 0 Å². The number of halogens is 2. The van der Waals surface area contributed by atoms with E-state index in [2.05, 4.69) is 10.4 Å². The Hall–Kier alpha value is -1.03. The maximum absolute atomic E-state index is 6.17. The van der Waals surface area contributed by atoms with Crippen LogP contribution in [0.5, 0.6) is 0 Å². The summed E-state index contributed by atoms with van der Waals surface area (Å²) in [6, 6.07) is 8.22. The zero-order chi connectivity index (χ0) is 12.5. The maximum Gasteiger partial charge on any atom is 0.0849 e. The van der Waals surface area contributed by atoms with Crippen molar-refractivity contribution in [1.29, 1.82) is 0 Å². The number of benzene rings is 1. The molecule has 18 heavy (non-hydrogen) atoms. The van der Waals surface area contributed by atoms with Crippen molar-refractivity contribution in [3.05, 3.63) is 46.2 Å². The highest BCUT2D eigenvalue weighted by Crippen LogP contribution is 2.28. The third-order valence-corrected chi connectivity index (χ3v) is 3.78. The van der Waals surface area contributed by atoms with Gasteiger partial charge in [-0.3, -0.25) is 0 Å². The molecule has 2 aromatic rings. The predicted octanol–water partition coefficient (Wildman–Crippen LogP) is 3.43. The molecule has 3 nitrogen and oxygen atoms in total. The minimum atomic E-state index is 0.531. The summed E-state index contributed by atoms with van der Waals surface area (Å²) in [5.74, 6) is 0. The van der Waals surface area contributed by atoms with Gasteiger partial charge in [-0.2, -0.15) is 5.10 Å². The number of rotatable bonds is 4. The largest absolute Gasteiger partial charge is 0.308 e. The molecule has 3 rings (SSSR count). The first-order chi connectivity index (χ1) is 8.74. The van der Waals surface area contributed by atoms with Crippen LogP contribution in [0.1, 0.15) is 18.5 Å². The van der Waals surface area contributed by atoms with E-state index in [9.17, 15) is 0 Å². The van der Waals surface area contributed by atoms with Gasteiger partial charge in [0.15, 0.2) is 0 Å². The molecule has 0 saturated heterocycles. The van der Waals surface area contributed by atoms with E-state index in [4.69, 9.17) is 23.2 Å². The van der Waals surface area contributed by atoms with Crippen molar-refractivity contribution >= 4 is 23.2 Å². The van der Waals surface area contributed by atoms with Gasteiger partial charge in [0.05, 0.1) is 21.4 Å². The number of aromatic nitrogens is 2. The molecule has 1 fully saturated rings. The number of nitrogens with zero attached hydrogens (tertiary/aromatic N) is 2. The summed E-state index contributed by atoms with van der Waals surface area (Å²) in [6.07, 6.45) is 4.46. The predicted molar refractivity (Wildman–Crippen MR) is 73.4 cm³/mol. The van der Waals surface area contributed by atoms with Crippen LogP contribution < -0.4 is 5.32 Å². The average Bonchev–Trinajstić information content (AvgIpc) is 3.08. The molecule has 0 amide bonds. The first-order valence-corrected chi connectivity index (χ1v) is 6.72. The fourth-order valence-electron chi connectivity index (χ4n) is 1.80. The molecule has 1 N–H and O–H groups in total. The van der Waals surface area contributed by atoms with Gasteiger partial charge in [0, 0.05) is 18.8 Å². The summed E-state index contributed by atoms with van der Waals surface area (Å²) >= 11 is 12.2. The van der Waals surface area contributed by atoms with Crippen LogP contribution in [0.4, 0.5) is 0 Å². The SMILES string of the molecule is Clc1cccc(-n2ccc(CNC3CC3)n2)c1Cl. The van der Waals surface area contributed by atoms with Crippen LogP contribution in [0.15, 0.2) is 30.5 Å². The molecular weight excluding hydrogens is 269 g/mol. The first kappa shape index (κ1) is 12.0. The quantitative estimate of drug-likeness (QED) is 0.931. The van der Waals surface area contributed by atoms with Gasteiger partial charge < -0.3 is 5.32 Å². The van der Waals surface area contributed by atoms with E-state index in [1.54, 1.807) is 10.7 Å². The van der Waals surface area contributed by atoms with Crippen molar-refractivity contribution in [1.82, 2.24) is 15.1 Å². The molecule has 1 aromatic carbocycles. The second-order valence-corrected chi connectivity index (χ2v) is 5.26. The smallest absolute Gasteiger partial charge is 0.0849 e. The van der Waals surface area contributed by atoms with Gasteiger partial charge in [0.25, 0.3) is 0 Å². The van der Waals surface area contributed by atoms with Crippen molar-refractivity contribution < 1.29 is 0 Å². The Morgan fingerprint density at radius 1 is 1.28 bits per heavy atom. The van der Waals surface area contributed by atoms with Crippen LogP contribution in [-0.4, -0.2) is 15.8 Å². The Morgan fingerprint density at radius 3 is 2.89 bits per heavy atom. The Kier molecular flexibility index (Phi) is 3.29. The third kappa shape index (κ3) is 2.53. The van der Waals surface area contributed by atoms with E-state index in [0.717, 1.165) is 17.9 Å². The standard InChI is InChI=1S/C13H13Cl2N3/c14-11-2-1-3-12(13(11)15)18-7-6-10(17-18)8-16-9-4-5-9/h1-3,6-7,9,16H,4-5,8H2. The molecule has 1 saturated carbocycles. The van der Waals surface area contributed by atoms with Gasteiger partial charge in [-0.15, -0.1) is 0 Å². The number of nitrogens with one attached hydrogen (secondary N) is 1. The number of hydrogen-bond donors (Lipinski definition) is 1. The van der Waals surface area contributed by atoms with Crippen molar-refractivity contribution in [3.63, 3.8) is 0 Å². The fourth-order valence-corrected chi connectivity index (χ4v) is 2.18. The molecule has 0 unspecified atom stereocenters. The maximum atomic E-state index is 6.17. The lowest BCUT2D eigenvalue weighted by Gasteiger charge is -2.05. The molecule has 0 atom stereocenters. The summed E-state index contributed by atoms with van der Waals surface area (Å²) in [4.78, 5) is 0. The molecule has 94 valence electrons. The van der Waals surface area contributed by atoms with Gasteiger partial charge in [-0.05, 0) is 31.0 Å². The Morgan fingerprint density at radius 2 is 2.11 bits per heavy atom. The molecule has 1 aliphatic carbocycles. The zero-order valence-electron chi connectivity index (χ0n) is 9.74. The summed E-state index contributed by atoms with van der Waals surface area (Å²) < 4.78 is 1.76. The molecule has 1 aliphatic rings. The van der Waals surface area contributed by atoms with Gasteiger partial charge in [-0.25, -0.2) is 4.68 Å². The summed E-state index contributed by atoms with van der Waals surface area (Å²) in [5, 5.41) is 9.00. The van der Waals surface area contributed by atoms with Gasteiger partial charge in [-0.1, -0.05) is 29.3 Å². The van der Waals surface area contributed by atoms with Crippen LogP contribution in [0.2, 0.25) is 10.0 Å². The average molecular weight is 282 g/mol. The van der Waals surface area contributed by atoms with E-state index >= 15 is 0 Å². The summed E-state index contributed by atoms with van der Waals surface area (Å²) in [7, 11) is 0. The lowest BCUT2D eigenvalue weighted by Crippen LogP contribution is -2.15. The molecule has 1 aromatic heterocycles. The lowest BCUT2D eigenvalue weighted by atomic mass is 10.3. The Labute approximate surface area is 116 Å². The van der Waals surface area contributed by atoms with Gasteiger partial charge >= 0.3 is 0 Å². The highest BCUT2D eigenvalue weighted by Gasteiger charge is 2.20. The molecule has 0 spiro atoms. The lowest BCUT2D eigenvalue weighted by molar-refractivity contribution is 0.665. The van der Waals surface area contributed by atoms with E-state index < -0.39 is 0 Å². The fraction of sp³-hybridized carbons (Fsp3) is 0.308. The van der Waals surface area contributed by atoms with Crippen LogP contribution in [0, 0.1) is 0 Å². The van der Waals surface area contributed by atoms with E-state index in [-0.39, 0.29) is 0 Å². The molecule has 0 bridgehead atoms. The van der Waals surface area contributed by atoms with Crippen molar-refractivity contribution in [2.75, 3.05) is 0 Å². The molecule has 0 aliphatic heterocycles. The van der Waals surface area contributed by atoms with E-state index in [1.807, 2.05) is 24.4 Å². The van der Waals surface area contributed by atoms with E-state index in [0.29, 0.717) is 16.1 Å². The minimum Gasteiger partial charge on any atom is -0.308 e.